The van der Waals surface area contributed by atoms with Crippen LogP contribution in [0.1, 0.15) is 25.2 Å². The molecule has 0 aliphatic rings. The summed E-state index contributed by atoms with van der Waals surface area (Å²) in [5.41, 5.74) is 13.5. The van der Waals surface area contributed by atoms with Crippen LogP contribution in [0.25, 0.3) is 22.6 Å². The normalized spacial score (nSPS) is 11.8. The molecule has 4 N–H and O–H groups in total. The van der Waals surface area contributed by atoms with Gasteiger partial charge in [0.1, 0.15) is 22.9 Å². The maximum atomic E-state index is 10.8. The number of aromatic nitrogens is 2. The fourth-order valence-corrected chi connectivity index (χ4v) is 2.35. The molecule has 0 spiro atoms. The smallest absolute Gasteiger partial charge is 0.332 e. The number of oxime groups is 2. The second-order valence-corrected chi connectivity index (χ2v) is 6.15. The molecule has 0 aliphatic carbocycles. The Balaban J connectivity index is 1.74. The molecule has 0 saturated carbocycles. The van der Waals surface area contributed by atoms with Crippen LogP contribution in [-0.2, 0) is 19.3 Å². The molecule has 3 rings (SSSR count). The summed E-state index contributed by atoms with van der Waals surface area (Å²) in [6.07, 6.45) is 3.11. The molecule has 0 aromatic carbocycles. The van der Waals surface area contributed by atoms with Crippen LogP contribution in [0.3, 0.4) is 0 Å². The van der Waals surface area contributed by atoms with E-state index in [9.17, 15) is 9.59 Å². The Kier molecular flexibility index (Phi) is 6.36. The molecule has 0 radical (unpaired) electrons. The third-order valence-corrected chi connectivity index (χ3v) is 3.77. The first-order valence-corrected chi connectivity index (χ1v) is 8.89. The molecule has 3 aromatic rings. The molecule has 0 aliphatic heterocycles. The number of hydrogen-bond acceptors (Lipinski definition) is 9. The van der Waals surface area contributed by atoms with Crippen LogP contribution in [0.4, 0.5) is 0 Å². The van der Waals surface area contributed by atoms with Gasteiger partial charge in [0, 0.05) is 37.4 Å². The molecule has 11 heteroatoms. The van der Waals surface area contributed by atoms with Crippen LogP contribution in [0.15, 0.2) is 63.5 Å². The number of rotatable bonds is 6. The zero-order chi connectivity index (χ0) is 22.4. The van der Waals surface area contributed by atoms with Crippen molar-refractivity contribution in [3.05, 3.63) is 60.2 Å². The summed E-state index contributed by atoms with van der Waals surface area (Å²) in [6.45, 7) is 2.44. The molecule has 3 heterocycles. The highest BCUT2D eigenvalue weighted by atomic mass is 16.7. The number of carbonyl (C=O) groups is 2. The SMILES string of the molecule is CC(=O)O/N=C(/N)c1ccc(-c2ccc(-c3ccc(/C(N)=N\OC(C)=O)nc3)o2)cn1. The lowest BCUT2D eigenvalue weighted by atomic mass is 10.2. The van der Waals surface area contributed by atoms with E-state index in [4.69, 9.17) is 15.9 Å². The highest BCUT2D eigenvalue weighted by Gasteiger charge is 2.10. The predicted octanol–water partition coefficient (Wildman–Crippen LogP) is 1.77. The molecule has 158 valence electrons. The number of furan rings is 1. The van der Waals surface area contributed by atoms with Crippen molar-refractivity contribution in [1.29, 1.82) is 0 Å². The van der Waals surface area contributed by atoms with Gasteiger partial charge < -0.3 is 25.6 Å². The second kappa shape index (κ2) is 9.31. The first-order chi connectivity index (χ1) is 14.8. The predicted molar refractivity (Wildman–Crippen MR) is 110 cm³/mol. The van der Waals surface area contributed by atoms with Gasteiger partial charge in [-0.15, -0.1) is 0 Å². The maximum Gasteiger partial charge on any atom is 0.332 e. The third kappa shape index (κ3) is 5.50. The summed E-state index contributed by atoms with van der Waals surface area (Å²) < 4.78 is 5.87. The van der Waals surface area contributed by atoms with E-state index in [2.05, 4.69) is 30.0 Å². The Bertz CT molecular complexity index is 1060. The van der Waals surface area contributed by atoms with E-state index in [1.54, 1.807) is 48.8 Å². The average molecular weight is 422 g/mol. The molecule has 31 heavy (non-hydrogen) atoms. The monoisotopic (exact) mass is 422 g/mol. The van der Waals surface area contributed by atoms with Crippen molar-refractivity contribution in [2.24, 2.45) is 21.8 Å². The van der Waals surface area contributed by atoms with Gasteiger partial charge in [-0.1, -0.05) is 10.3 Å². The van der Waals surface area contributed by atoms with Crippen molar-refractivity contribution < 1.29 is 23.7 Å². The van der Waals surface area contributed by atoms with Gasteiger partial charge >= 0.3 is 11.9 Å². The fraction of sp³-hybridized carbons (Fsp3) is 0.100. The molecule has 0 fully saturated rings. The largest absolute Gasteiger partial charge is 0.456 e. The van der Waals surface area contributed by atoms with Crippen molar-refractivity contribution in [2.45, 2.75) is 13.8 Å². The van der Waals surface area contributed by atoms with Gasteiger partial charge in [0.2, 0.25) is 0 Å². The van der Waals surface area contributed by atoms with Gasteiger partial charge in [-0.3, -0.25) is 9.97 Å². The van der Waals surface area contributed by atoms with Gasteiger partial charge in [-0.25, -0.2) is 9.59 Å². The summed E-state index contributed by atoms with van der Waals surface area (Å²) in [5.74, 6) is -0.0580. The minimum atomic E-state index is -0.579. The summed E-state index contributed by atoms with van der Waals surface area (Å²) in [4.78, 5) is 39.0. The lowest BCUT2D eigenvalue weighted by molar-refractivity contribution is -0.141. The topological polar surface area (TPSA) is 168 Å². The zero-order valence-corrected chi connectivity index (χ0v) is 16.6. The van der Waals surface area contributed by atoms with Crippen molar-refractivity contribution in [1.82, 2.24) is 9.97 Å². The number of pyridine rings is 2. The van der Waals surface area contributed by atoms with E-state index >= 15 is 0 Å². The van der Waals surface area contributed by atoms with Crippen LogP contribution in [0, 0.1) is 0 Å². The van der Waals surface area contributed by atoms with Gasteiger partial charge in [-0.05, 0) is 36.4 Å². The molecule has 0 amide bonds. The first-order valence-electron chi connectivity index (χ1n) is 8.89. The summed E-state index contributed by atoms with van der Waals surface area (Å²) in [5, 5.41) is 6.98. The van der Waals surface area contributed by atoms with E-state index in [0.29, 0.717) is 34.0 Å². The molecule has 3 aromatic heterocycles. The van der Waals surface area contributed by atoms with Crippen LogP contribution >= 0.6 is 0 Å². The summed E-state index contributed by atoms with van der Waals surface area (Å²) in [6, 6.07) is 10.3. The quantitative estimate of drug-likeness (QED) is 0.260. The number of nitrogens with two attached hydrogens (primary N) is 2. The Labute approximate surface area is 176 Å². The molecular weight excluding hydrogens is 404 g/mol. The molecule has 11 nitrogen and oxygen atoms in total. The van der Waals surface area contributed by atoms with Gasteiger partial charge in [0.15, 0.2) is 11.7 Å². The van der Waals surface area contributed by atoms with Gasteiger partial charge in [-0.2, -0.15) is 0 Å². The highest BCUT2D eigenvalue weighted by Crippen LogP contribution is 2.28. The first kappa shape index (κ1) is 21.2. The summed E-state index contributed by atoms with van der Waals surface area (Å²) >= 11 is 0. The summed E-state index contributed by atoms with van der Waals surface area (Å²) in [7, 11) is 0. The number of hydrogen-bond donors (Lipinski definition) is 2. The number of carbonyl (C=O) groups excluding carboxylic acids is 2. The molecular formula is C20H18N6O5. The number of amidine groups is 2. The molecule has 0 atom stereocenters. The van der Waals surface area contributed by atoms with Crippen LogP contribution in [-0.4, -0.2) is 33.6 Å². The van der Waals surface area contributed by atoms with Crippen molar-refractivity contribution in [3.63, 3.8) is 0 Å². The zero-order valence-electron chi connectivity index (χ0n) is 16.6. The Morgan fingerprint density at radius 1 is 0.774 bits per heavy atom. The average Bonchev–Trinajstić information content (AvgIpc) is 3.26. The minimum absolute atomic E-state index is 0.0236. The van der Waals surface area contributed by atoms with Crippen molar-refractivity contribution >= 4 is 23.6 Å². The molecule has 0 saturated heterocycles. The lowest BCUT2D eigenvalue weighted by Crippen LogP contribution is -2.16. The van der Waals surface area contributed by atoms with Crippen LogP contribution < -0.4 is 11.5 Å². The molecule has 0 bridgehead atoms. The van der Waals surface area contributed by atoms with Gasteiger partial charge in [0.25, 0.3) is 0 Å². The van der Waals surface area contributed by atoms with Gasteiger partial charge in [0.05, 0.1) is 0 Å². The van der Waals surface area contributed by atoms with E-state index in [1.165, 1.54) is 13.8 Å². The van der Waals surface area contributed by atoms with Crippen LogP contribution in [0.5, 0.6) is 0 Å². The van der Waals surface area contributed by atoms with E-state index in [1.807, 2.05) is 0 Å². The fourth-order valence-electron chi connectivity index (χ4n) is 2.35. The number of nitrogens with zero attached hydrogens (tertiary/aromatic N) is 4. The minimum Gasteiger partial charge on any atom is -0.456 e. The Morgan fingerprint density at radius 2 is 1.19 bits per heavy atom. The van der Waals surface area contributed by atoms with Crippen LogP contribution in [0.2, 0.25) is 0 Å². The van der Waals surface area contributed by atoms with E-state index < -0.39 is 11.9 Å². The maximum absolute atomic E-state index is 10.8. The van der Waals surface area contributed by atoms with Crippen molar-refractivity contribution in [3.8, 4) is 22.6 Å². The standard InChI is InChI=1S/C20H18N6O5/c1-11(27)30-25-19(21)15-5-3-13(9-23-15)17-7-8-18(29-17)14-4-6-16(24-10-14)20(22)26-31-12(2)28/h3-10H,1-2H3,(H2,21,25)(H2,22,26). The lowest BCUT2D eigenvalue weighted by Gasteiger charge is -2.02. The Hall–Kier alpha value is -4.54. The second-order valence-electron chi connectivity index (χ2n) is 6.15. The highest BCUT2D eigenvalue weighted by molar-refractivity contribution is 5.96. The van der Waals surface area contributed by atoms with E-state index in [-0.39, 0.29) is 11.7 Å². The molecule has 0 unspecified atom stereocenters. The third-order valence-electron chi connectivity index (χ3n) is 3.77. The van der Waals surface area contributed by atoms with Crippen molar-refractivity contribution in [2.75, 3.05) is 0 Å². The Morgan fingerprint density at radius 3 is 1.52 bits per heavy atom. The van der Waals surface area contributed by atoms with E-state index in [0.717, 1.165) is 0 Å².